The normalized spacial score (nSPS) is 10.6. The third-order valence-electron chi connectivity index (χ3n) is 3.79. The largest absolute Gasteiger partial charge is 0.483 e. The molecule has 0 bridgehead atoms. The van der Waals surface area contributed by atoms with Gasteiger partial charge in [-0.2, -0.15) is 0 Å². The van der Waals surface area contributed by atoms with Crippen molar-refractivity contribution in [1.29, 1.82) is 0 Å². The van der Waals surface area contributed by atoms with Gasteiger partial charge in [0.05, 0.1) is 4.92 Å². The van der Waals surface area contributed by atoms with E-state index in [9.17, 15) is 14.5 Å². The quantitative estimate of drug-likeness (QED) is 0.229. The standard InChI is InChI=1S/C19H17FN4O3S/c1-2-10-23-18(12-27-17-9-4-3-8-16(17)20)21-22-19(23)28-13-14-6-5-7-15(11-14)24(25)26/h2-9,11H,1,10,12-13H2. The van der Waals surface area contributed by atoms with Crippen LogP contribution in [-0.2, 0) is 18.9 Å². The van der Waals surface area contributed by atoms with E-state index < -0.39 is 10.7 Å². The number of thioether (sulfide) groups is 1. The fraction of sp³-hybridized carbons (Fsp3) is 0.158. The highest BCUT2D eigenvalue weighted by Gasteiger charge is 2.14. The summed E-state index contributed by atoms with van der Waals surface area (Å²) in [5.74, 6) is 0.717. The van der Waals surface area contributed by atoms with E-state index in [1.807, 2.05) is 10.6 Å². The average Bonchev–Trinajstić information content (AvgIpc) is 3.08. The number of ether oxygens (including phenoxy) is 1. The van der Waals surface area contributed by atoms with Crippen LogP contribution in [-0.4, -0.2) is 19.7 Å². The van der Waals surface area contributed by atoms with Gasteiger partial charge in [0.15, 0.2) is 22.5 Å². The molecule has 144 valence electrons. The molecule has 0 saturated carbocycles. The van der Waals surface area contributed by atoms with Crippen molar-refractivity contribution in [2.75, 3.05) is 0 Å². The number of nitro groups is 1. The second kappa shape index (κ2) is 9.14. The van der Waals surface area contributed by atoms with Gasteiger partial charge in [0.25, 0.3) is 5.69 Å². The minimum absolute atomic E-state index is 0.0460. The van der Waals surface area contributed by atoms with Crippen molar-refractivity contribution in [2.45, 2.75) is 24.1 Å². The third-order valence-corrected chi connectivity index (χ3v) is 4.83. The number of aromatic nitrogens is 3. The Balaban J connectivity index is 1.71. The van der Waals surface area contributed by atoms with Gasteiger partial charge in [0, 0.05) is 24.4 Å². The molecule has 28 heavy (non-hydrogen) atoms. The minimum atomic E-state index is -0.447. The molecule has 0 aliphatic heterocycles. The molecule has 0 aliphatic carbocycles. The minimum Gasteiger partial charge on any atom is -0.483 e. The molecule has 0 unspecified atom stereocenters. The molecule has 0 radical (unpaired) electrons. The lowest BCUT2D eigenvalue weighted by atomic mass is 10.2. The number of nitro benzene ring substituents is 1. The van der Waals surface area contributed by atoms with E-state index in [-0.39, 0.29) is 18.0 Å². The smallest absolute Gasteiger partial charge is 0.269 e. The number of nitrogens with zero attached hydrogens (tertiary/aromatic N) is 4. The summed E-state index contributed by atoms with van der Waals surface area (Å²) in [5.41, 5.74) is 0.848. The van der Waals surface area contributed by atoms with Crippen molar-refractivity contribution in [2.24, 2.45) is 0 Å². The van der Waals surface area contributed by atoms with Gasteiger partial charge in [0.1, 0.15) is 6.61 Å². The van der Waals surface area contributed by atoms with Gasteiger partial charge in [0.2, 0.25) is 0 Å². The molecule has 0 aliphatic rings. The van der Waals surface area contributed by atoms with Crippen LogP contribution in [0.1, 0.15) is 11.4 Å². The fourth-order valence-corrected chi connectivity index (χ4v) is 3.37. The van der Waals surface area contributed by atoms with Crippen molar-refractivity contribution in [3.05, 3.63) is 88.5 Å². The Labute approximate surface area is 165 Å². The maximum atomic E-state index is 13.7. The van der Waals surface area contributed by atoms with Crippen molar-refractivity contribution < 1.29 is 14.1 Å². The van der Waals surface area contributed by atoms with Crippen LogP contribution < -0.4 is 4.74 Å². The maximum absolute atomic E-state index is 13.7. The molecule has 1 aromatic heterocycles. The molecule has 0 N–H and O–H groups in total. The zero-order chi connectivity index (χ0) is 19.9. The number of allylic oxidation sites excluding steroid dienone is 1. The number of para-hydroxylation sites is 1. The second-order valence-electron chi connectivity index (χ2n) is 5.73. The zero-order valence-electron chi connectivity index (χ0n) is 14.8. The Morgan fingerprint density at radius 2 is 2.07 bits per heavy atom. The average molecular weight is 400 g/mol. The van der Waals surface area contributed by atoms with Crippen LogP contribution in [0, 0.1) is 15.9 Å². The lowest BCUT2D eigenvalue weighted by Crippen LogP contribution is -2.08. The lowest BCUT2D eigenvalue weighted by molar-refractivity contribution is -0.384. The molecular weight excluding hydrogens is 383 g/mol. The number of halogens is 1. The van der Waals surface area contributed by atoms with Gasteiger partial charge in [-0.15, -0.1) is 16.8 Å². The highest BCUT2D eigenvalue weighted by atomic mass is 32.2. The van der Waals surface area contributed by atoms with Crippen LogP contribution in [0.4, 0.5) is 10.1 Å². The lowest BCUT2D eigenvalue weighted by Gasteiger charge is -2.09. The van der Waals surface area contributed by atoms with Crippen LogP contribution >= 0.6 is 11.8 Å². The first kappa shape index (κ1) is 19.6. The highest BCUT2D eigenvalue weighted by molar-refractivity contribution is 7.98. The number of hydrogen-bond acceptors (Lipinski definition) is 6. The molecule has 9 heteroatoms. The summed E-state index contributed by atoms with van der Waals surface area (Å²) in [4.78, 5) is 10.5. The number of rotatable bonds is 9. The molecule has 0 spiro atoms. The van der Waals surface area contributed by atoms with Gasteiger partial charge in [-0.05, 0) is 17.7 Å². The summed E-state index contributed by atoms with van der Waals surface area (Å²) < 4.78 is 21.0. The first-order chi connectivity index (χ1) is 13.6. The van der Waals surface area contributed by atoms with Gasteiger partial charge in [-0.25, -0.2) is 4.39 Å². The number of benzene rings is 2. The van der Waals surface area contributed by atoms with Crippen LogP contribution in [0.5, 0.6) is 5.75 Å². The summed E-state index contributed by atoms with van der Waals surface area (Å²) >= 11 is 1.40. The van der Waals surface area contributed by atoms with E-state index in [0.29, 0.717) is 23.3 Å². The predicted octanol–water partition coefficient (Wildman–Crippen LogP) is 4.38. The summed E-state index contributed by atoms with van der Waals surface area (Å²) in [6.45, 7) is 4.25. The monoisotopic (exact) mass is 400 g/mol. The van der Waals surface area contributed by atoms with Gasteiger partial charge >= 0.3 is 0 Å². The topological polar surface area (TPSA) is 83.1 Å². The number of non-ortho nitro benzene ring substituents is 1. The molecule has 0 amide bonds. The zero-order valence-corrected chi connectivity index (χ0v) is 15.6. The van der Waals surface area contributed by atoms with Gasteiger partial charge in [-0.1, -0.05) is 42.1 Å². The molecule has 0 fully saturated rings. The van der Waals surface area contributed by atoms with E-state index in [2.05, 4.69) is 16.8 Å². The summed E-state index contributed by atoms with van der Waals surface area (Å²) in [5, 5.41) is 19.8. The second-order valence-corrected chi connectivity index (χ2v) is 6.68. The number of hydrogen-bond donors (Lipinski definition) is 0. The first-order valence-corrected chi connectivity index (χ1v) is 9.33. The van der Waals surface area contributed by atoms with Crippen LogP contribution in [0.2, 0.25) is 0 Å². The molecular formula is C19H17FN4O3S. The van der Waals surface area contributed by atoms with Crippen molar-refractivity contribution in [3.8, 4) is 5.75 Å². The molecule has 0 atom stereocenters. The fourth-order valence-electron chi connectivity index (χ4n) is 2.46. The van der Waals surface area contributed by atoms with E-state index in [1.165, 1.54) is 30.0 Å². The predicted molar refractivity (Wildman–Crippen MR) is 104 cm³/mol. The summed E-state index contributed by atoms with van der Waals surface area (Å²) in [6, 6.07) is 12.6. The Bertz CT molecular complexity index is 993. The molecule has 3 aromatic rings. The maximum Gasteiger partial charge on any atom is 0.269 e. The van der Waals surface area contributed by atoms with E-state index in [0.717, 1.165) is 5.56 Å². The van der Waals surface area contributed by atoms with E-state index in [1.54, 1.807) is 30.3 Å². The molecule has 2 aromatic carbocycles. The molecule has 7 nitrogen and oxygen atoms in total. The van der Waals surface area contributed by atoms with Crippen LogP contribution in [0.25, 0.3) is 0 Å². The van der Waals surface area contributed by atoms with Crippen molar-refractivity contribution in [3.63, 3.8) is 0 Å². The Morgan fingerprint density at radius 3 is 2.82 bits per heavy atom. The Morgan fingerprint density at radius 1 is 1.25 bits per heavy atom. The molecule has 3 rings (SSSR count). The highest BCUT2D eigenvalue weighted by Crippen LogP contribution is 2.25. The van der Waals surface area contributed by atoms with Crippen LogP contribution in [0.3, 0.4) is 0 Å². The van der Waals surface area contributed by atoms with Crippen LogP contribution in [0.15, 0.2) is 66.3 Å². The Kier molecular flexibility index (Phi) is 6.38. The third kappa shape index (κ3) is 4.74. The molecule has 1 heterocycles. The summed E-state index contributed by atoms with van der Waals surface area (Å²) in [7, 11) is 0. The first-order valence-electron chi connectivity index (χ1n) is 8.35. The summed E-state index contributed by atoms with van der Waals surface area (Å²) in [6.07, 6.45) is 1.70. The van der Waals surface area contributed by atoms with E-state index >= 15 is 0 Å². The molecule has 0 saturated heterocycles. The van der Waals surface area contributed by atoms with E-state index in [4.69, 9.17) is 4.74 Å². The SMILES string of the molecule is C=CCn1c(COc2ccccc2F)nnc1SCc1cccc([N+](=O)[O-])c1. The van der Waals surface area contributed by atoms with Crippen molar-refractivity contribution >= 4 is 17.4 Å². The van der Waals surface area contributed by atoms with Gasteiger partial charge < -0.3 is 4.74 Å². The van der Waals surface area contributed by atoms with Gasteiger partial charge in [-0.3, -0.25) is 14.7 Å². The Hall–Kier alpha value is -3.20. The van der Waals surface area contributed by atoms with Crippen molar-refractivity contribution in [1.82, 2.24) is 14.8 Å².